The van der Waals surface area contributed by atoms with Gasteiger partial charge in [-0.3, -0.25) is 9.69 Å². The van der Waals surface area contributed by atoms with E-state index >= 15 is 0 Å². The number of rotatable bonds is 15. The minimum absolute atomic E-state index is 0.209. The molecule has 0 saturated heterocycles. The highest BCUT2D eigenvalue weighted by atomic mass is 16.1. The monoisotopic (exact) mass is 312 g/mol. The van der Waals surface area contributed by atoms with Crippen molar-refractivity contribution in [1.82, 2.24) is 10.2 Å². The average molecular weight is 313 g/mol. The van der Waals surface area contributed by atoms with E-state index in [-0.39, 0.29) is 12.1 Å². The Bertz CT molecular complexity index is 252. The standard InChI is InChI=1S/C19H40N2O/c1-5-9-10-11-12-13-14-15-16-17-19(22)20-18(6-2)21(7-3)8-4/h18H,5-17H2,1-4H3,(H,20,22). The molecule has 1 atom stereocenters. The van der Waals surface area contributed by atoms with Crippen molar-refractivity contribution < 1.29 is 4.79 Å². The first-order chi connectivity index (χ1) is 10.7. The number of nitrogens with one attached hydrogen (secondary N) is 1. The van der Waals surface area contributed by atoms with E-state index in [0.717, 1.165) is 25.9 Å². The fourth-order valence-corrected chi connectivity index (χ4v) is 2.97. The fourth-order valence-electron chi connectivity index (χ4n) is 2.97. The summed E-state index contributed by atoms with van der Waals surface area (Å²) in [4.78, 5) is 14.3. The van der Waals surface area contributed by atoms with Crippen LogP contribution < -0.4 is 5.32 Å². The van der Waals surface area contributed by atoms with E-state index in [0.29, 0.717) is 6.42 Å². The Morgan fingerprint density at radius 3 is 1.77 bits per heavy atom. The predicted molar refractivity (Wildman–Crippen MR) is 97.0 cm³/mol. The largest absolute Gasteiger partial charge is 0.341 e. The Balaban J connectivity index is 3.60. The summed E-state index contributed by atoms with van der Waals surface area (Å²) >= 11 is 0. The van der Waals surface area contributed by atoms with Crippen LogP contribution in [0.1, 0.15) is 98.3 Å². The van der Waals surface area contributed by atoms with Crippen LogP contribution >= 0.6 is 0 Å². The molecule has 0 spiro atoms. The van der Waals surface area contributed by atoms with Crippen molar-refractivity contribution in [1.29, 1.82) is 0 Å². The minimum Gasteiger partial charge on any atom is -0.341 e. The third-order valence-corrected chi connectivity index (χ3v) is 4.47. The molecule has 0 heterocycles. The van der Waals surface area contributed by atoms with Crippen LogP contribution in [-0.2, 0) is 4.79 Å². The first-order valence-electron chi connectivity index (χ1n) is 9.72. The Labute approximate surface area is 139 Å². The maximum absolute atomic E-state index is 12.0. The molecule has 0 aromatic carbocycles. The lowest BCUT2D eigenvalue weighted by atomic mass is 10.1. The van der Waals surface area contributed by atoms with Gasteiger partial charge in [-0.25, -0.2) is 0 Å². The molecule has 3 nitrogen and oxygen atoms in total. The second kappa shape index (κ2) is 15.3. The molecule has 1 amide bonds. The molecule has 0 aliphatic rings. The highest BCUT2D eigenvalue weighted by Gasteiger charge is 2.15. The molecule has 1 N–H and O–H groups in total. The molecule has 0 aromatic heterocycles. The zero-order chi connectivity index (χ0) is 16.6. The molecule has 0 rings (SSSR count). The average Bonchev–Trinajstić information content (AvgIpc) is 2.53. The summed E-state index contributed by atoms with van der Waals surface area (Å²) in [6, 6.07) is 0. The number of carbonyl (C=O) groups excluding carboxylic acids is 1. The van der Waals surface area contributed by atoms with Gasteiger partial charge in [0, 0.05) is 6.42 Å². The van der Waals surface area contributed by atoms with Crippen LogP contribution in [0, 0.1) is 0 Å². The van der Waals surface area contributed by atoms with E-state index in [1.165, 1.54) is 51.4 Å². The Morgan fingerprint density at radius 1 is 0.818 bits per heavy atom. The molecular formula is C19H40N2O. The molecule has 0 aliphatic heterocycles. The molecule has 3 heteroatoms. The number of amides is 1. The van der Waals surface area contributed by atoms with Crippen LogP contribution in [0.5, 0.6) is 0 Å². The van der Waals surface area contributed by atoms with Gasteiger partial charge < -0.3 is 5.32 Å². The minimum atomic E-state index is 0.209. The van der Waals surface area contributed by atoms with Crippen molar-refractivity contribution in [2.75, 3.05) is 13.1 Å². The first-order valence-corrected chi connectivity index (χ1v) is 9.72. The Hall–Kier alpha value is -0.570. The van der Waals surface area contributed by atoms with Gasteiger partial charge in [0.15, 0.2) is 0 Å². The number of hydrogen-bond acceptors (Lipinski definition) is 2. The van der Waals surface area contributed by atoms with Crippen molar-refractivity contribution in [2.24, 2.45) is 0 Å². The maximum Gasteiger partial charge on any atom is 0.221 e. The van der Waals surface area contributed by atoms with Crippen LogP contribution in [0.25, 0.3) is 0 Å². The van der Waals surface area contributed by atoms with Crippen LogP contribution in [0.2, 0.25) is 0 Å². The van der Waals surface area contributed by atoms with Crippen molar-refractivity contribution in [3.05, 3.63) is 0 Å². The third kappa shape index (κ3) is 11.1. The van der Waals surface area contributed by atoms with Crippen LogP contribution in [-0.4, -0.2) is 30.1 Å². The zero-order valence-electron chi connectivity index (χ0n) is 15.6. The molecule has 132 valence electrons. The van der Waals surface area contributed by atoms with Gasteiger partial charge in [0.1, 0.15) is 0 Å². The summed E-state index contributed by atoms with van der Waals surface area (Å²) in [6.07, 6.45) is 13.6. The number of nitrogens with zero attached hydrogens (tertiary/aromatic N) is 1. The van der Waals surface area contributed by atoms with Crippen LogP contribution in [0.3, 0.4) is 0 Å². The smallest absolute Gasteiger partial charge is 0.221 e. The molecule has 1 unspecified atom stereocenters. The van der Waals surface area contributed by atoms with Gasteiger partial charge in [-0.15, -0.1) is 0 Å². The van der Waals surface area contributed by atoms with Gasteiger partial charge in [0.2, 0.25) is 5.91 Å². The third-order valence-electron chi connectivity index (χ3n) is 4.47. The molecule has 22 heavy (non-hydrogen) atoms. The van der Waals surface area contributed by atoms with Crippen molar-refractivity contribution in [3.8, 4) is 0 Å². The van der Waals surface area contributed by atoms with Crippen molar-refractivity contribution in [2.45, 2.75) is 104 Å². The second-order valence-corrected chi connectivity index (χ2v) is 6.29. The number of hydrogen-bond donors (Lipinski definition) is 1. The number of unbranched alkanes of at least 4 members (excludes halogenated alkanes) is 8. The quantitative estimate of drug-likeness (QED) is 0.337. The first kappa shape index (κ1) is 21.4. The zero-order valence-corrected chi connectivity index (χ0v) is 15.6. The normalized spacial score (nSPS) is 12.6. The molecule has 0 saturated carbocycles. The molecule has 0 radical (unpaired) electrons. The van der Waals surface area contributed by atoms with E-state index in [4.69, 9.17) is 0 Å². The highest BCUT2D eigenvalue weighted by molar-refractivity contribution is 5.76. The van der Waals surface area contributed by atoms with Crippen molar-refractivity contribution in [3.63, 3.8) is 0 Å². The highest BCUT2D eigenvalue weighted by Crippen LogP contribution is 2.10. The van der Waals surface area contributed by atoms with Gasteiger partial charge in [0.05, 0.1) is 6.17 Å². The molecule has 0 aliphatic carbocycles. The SMILES string of the molecule is CCCCCCCCCCCC(=O)NC(CC)N(CC)CC. The lowest BCUT2D eigenvalue weighted by molar-refractivity contribution is -0.123. The summed E-state index contributed by atoms with van der Waals surface area (Å²) in [5, 5.41) is 3.18. The summed E-state index contributed by atoms with van der Waals surface area (Å²) in [7, 11) is 0. The lowest BCUT2D eigenvalue weighted by Gasteiger charge is -2.29. The van der Waals surface area contributed by atoms with E-state index in [9.17, 15) is 4.79 Å². The molecule has 0 bridgehead atoms. The maximum atomic E-state index is 12.0. The fraction of sp³-hybridized carbons (Fsp3) is 0.947. The van der Waals surface area contributed by atoms with Crippen LogP contribution in [0.4, 0.5) is 0 Å². The van der Waals surface area contributed by atoms with Gasteiger partial charge in [-0.1, -0.05) is 79.1 Å². The van der Waals surface area contributed by atoms with Crippen molar-refractivity contribution >= 4 is 5.91 Å². The summed E-state index contributed by atoms with van der Waals surface area (Å²) in [6.45, 7) is 10.7. The lowest BCUT2D eigenvalue weighted by Crippen LogP contribution is -2.47. The Kier molecular flexibility index (Phi) is 14.9. The molecule has 0 fully saturated rings. The van der Waals surface area contributed by atoms with Gasteiger partial charge in [0.25, 0.3) is 0 Å². The molecule has 0 aromatic rings. The predicted octanol–water partition coefficient (Wildman–Crippen LogP) is 5.10. The van der Waals surface area contributed by atoms with Gasteiger partial charge in [-0.2, -0.15) is 0 Å². The second-order valence-electron chi connectivity index (χ2n) is 6.29. The number of carbonyl (C=O) groups is 1. The summed E-state index contributed by atoms with van der Waals surface area (Å²) < 4.78 is 0. The van der Waals surface area contributed by atoms with Crippen LogP contribution in [0.15, 0.2) is 0 Å². The Morgan fingerprint density at radius 2 is 1.32 bits per heavy atom. The van der Waals surface area contributed by atoms with E-state index in [1.54, 1.807) is 0 Å². The topological polar surface area (TPSA) is 32.3 Å². The summed E-state index contributed by atoms with van der Waals surface area (Å²) in [5.74, 6) is 0.224. The summed E-state index contributed by atoms with van der Waals surface area (Å²) in [5.41, 5.74) is 0. The van der Waals surface area contributed by atoms with Gasteiger partial charge in [-0.05, 0) is 25.9 Å². The van der Waals surface area contributed by atoms with E-state index in [1.807, 2.05) is 0 Å². The molecular weight excluding hydrogens is 272 g/mol. The van der Waals surface area contributed by atoms with E-state index in [2.05, 4.69) is 37.9 Å². The van der Waals surface area contributed by atoms with E-state index < -0.39 is 0 Å². The van der Waals surface area contributed by atoms with Gasteiger partial charge >= 0.3 is 0 Å².